The molecule has 88 valence electrons. The van der Waals surface area contributed by atoms with Gasteiger partial charge in [0.25, 0.3) is 5.91 Å². The van der Waals surface area contributed by atoms with E-state index in [0.717, 1.165) is 6.42 Å². The van der Waals surface area contributed by atoms with Crippen LogP contribution < -0.4 is 10.6 Å². The van der Waals surface area contributed by atoms with Crippen LogP contribution in [0.25, 0.3) is 0 Å². The van der Waals surface area contributed by atoms with Crippen LogP contribution in [-0.2, 0) is 0 Å². The molecule has 0 atom stereocenters. The van der Waals surface area contributed by atoms with Crippen LogP contribution in [0.1, 0.15) is 30.8 Å². The van der Waals surface area contributed by atoms with E-state index in [9.17, 15) is 4.79 Å². The molecule has 0 saturated carbocycles. The number of rotatable bonds is 5. The van der Waals surface area contributed by atoms with E-state index in [1.54, 1.807) is 13.1 Å². The number of aromatic nitrogens is 1. The lowest BCUT2D eigenvalue weighted by atomic mass is 10.1. The van der Waals surface area contributed by atoms with Gasteiger partial charge in [0.1, 0.15) is 11.5 Å². The smallest absolute Gasteiger partial charge is 0.269 e. The molecule has 2 N–H and O–H groups in total. The Balaban J connectivity index is 2.52. The van der Waals surface area contributed by atoms with Gasteiger partial charge in [-0.3, -0.25) is 4.79 Å². The van der Waals surface area contributed by atoms with Gasteiger partial charge in [-0.05, 0) is 24.5 Å². The van der Waals surface area contributed by atoms with E-state index in [1.165, 1.54) is 0 Å². The van der Waals surface area contributed by atoms with Gasteiger partial charge in [-0.15, -0.1) is 0 Å². The molecule has 0 aliphatic heterocycles. The highest BCUT2D eigenvalue weighted by molar-refractivity contribution is 5.92. The molecule has 1 aromatic heterocycles. The molecule has 0 fully saturated rings. The number of carbonyl (C=O) groups excluding carboxylic acids is 1. The molecule has 4 heteroatoms. The summed E-state index contributed by atoms with van der Waals surface area (Å²) in [5, 5.41) is 5.76. The molecule has 0 spiro atoms. The molecular weight excluding hydrogens is 202 g/mol. The molecule has 0 saturated heterocycles. The van der Waals surface area contributed by atoms with E-state index in [0.29, 0.717) is 24.0 Å². The summed E-state index contributed by atoms with van der Waals surface area (Å²) in [6.45, 7) is 4.96. The second-order valence-electron chi connectivity index (χ2n) is 4.10. The largest absolute Gasteiger partial charge is 0.373 e. The summed E-state index contributed by atoms with van der Waals surface area (Å²) in [5.74, 6) is 1.19. The van der Waals surface area contributed by atoms with Crippen LogP contribution in [-0.4, -0.2) is 24.5 Å². The first kappa shape index (κ1) is 12.5. The minimum absolute atomic E-state index is 0.113. The molecular formula is C12H19N3O. The van der Waals surface area contributed by atoms with Gasteiger partial charge >= 0.3 is 0 Å². The fraction of sp³-hybridized carbons (Fsp3) is 0.500. The molecule has 1 rings (SSSR count). The van der Waals surface area contributed by atoms with E-state index in [-0.39, 0.29) is 5.91 Å². The van der Waals surface area contributed by atoms with Crippen LogP contribution in [0.4, 0.5) is 5.82 Å². The Morgan fingerprint density at radius 1 is 1.44 bits per heavy atom. The molecule has 16 heavy (non-hydrogen) atoms. The lowest BCUT2D eigenvalue weighted by Crippen LogP contribution is -2.26. The number of nitrogens with zero attached hydrogens (tertiary/aromatic N) is 1. The monoisotopic (exact) mass is 221 g/mol. The summed E-state index contributed by atoms with van der Waals surface area (Å²) in [6.07, 6.45) is 0.984. The van der Waals surface area contributed by atoms with Gasteiger partial charge in [0, 0.05) is 13.6 Å². The lowest BCUT2D eigenvalue weighted by Gasteiger charge is -2.07. The second kappa shape index (κ2) is 6.10. The van der Waals surface area contributed by atoms with E-state index in [1.807, 2.05) is 12.1 Å². The summed E-state index contributed by atoms with van der Waals surface area (Å²) in [4.78, 5) is 15.9. The third-order valence-electron chi connectivity index (χ3n) is 2.25. The lowest BCUT2D eigenvalue weighted by molar-refractivity contribution is 0.0947. The first-order chi connectivity index (χ1) is 7.63. The topological polar surface area (TPSA) is 54.0 Å². The Bertz CT molecular complexity index is 350. The number of amides is 1. The fourth-order valence-corrected chi connectivity index (χ4v) is 1.27. The van der Waals surface area contributed by atoms with Crippen molar-refractivity contribution in [1.29, 1.82) is 0 Å². The van der Waals surface area contributed by atoms with Crippen LogP contribution in [0.3, 0.4) is 0 Å². The average molecular weight is 221 g/mol. The highest BCUT2D eigenvalue weighted by atomic mass is 16.1. The number of anilines is 1. The van der Waals surface area contributed by atoms with Crippen molar-refractivity contribution < 1.29 is 4.79 Å². The van der Waals surface area contributed by atoms with Gasteiger partial charge < -0.3 is 10.6 Å². The molecule has 0 bridgehead atoms. The summed E-state index contributed by atoms with van der Waals surface area (Å²) >= 11 is 0. The molecule has 0 aromatic carbocycles. The fourth-order valence-electron chi connectivity index (χ4n) is 1.27. The maximum Gasteiger partial charge on any atom is 0.269 e. The summed E-state index contributed by atoms with van der Waals surface area (Å²) in [5.41, 5.74) is 0.454. The Kier molecular flexibility index (Phi) is 4.76. The van der Waals surface area contributed by atoms with E-state index < -0.39 is 0 Å². The normalized spacial score (nSPS) is 10.2. The summed E-state index contributed by atoms with van der Waals surface area (Å²) in [7, 11) is 1.78. The van der Waals surface area contributed by atoms with Crippen molar-refractivity contribution in [2.75, 3.05) is 18.9 Å². The zero-order valence-electron chi connectivity index (χ0n) is 10.1. The molecule has 1 amide bonds. The Hall–Kier alpha value is -1.58. The standard InChI is InChI=1S/C12H19N3O/c1-9(2)7-8-14-12(16)10-5-4-6-11(13-3)15-10/h4-6,9H,7-8H2,1-3H3,(H,13,15)(H,14,16). The zero-order chi connectivity index (χ0) is 12.0. The highest BCUT2D eigenvalue weighted by Crippen LogP contribution is 2.04. The van der Waals surface area contributed by atoms with Crippen molar-refractivity contribution >= 4 is 11.7 Å². The number of hydrogen-bond acceptors (Lipinski definition) is 3. The molecule has 4 nitrogen and oxygen atoms in total. The summed E-state index contributed by atoms with van der Waals surface area (Å²) in [6, 6.07) is 5.35. The van der Waals surface area contributed by atoms with Crippen molar-refractivity contribution in [3.63, 3.8) is 0 Å². The van der Waals surface area contributed by atoms with Crippen molar-refractivity contribution in [3.8, 4) is 0 Å². The number of pyridine rings is 1. The van der Waals surface area contributed by atoms with E-state index >= 15 is 0 Å². The minimum Gasteiger partial charge on any atom is -0.373 e. The van der Waals surface area contributed by atoms with E-state index in [2.05, 4.69) is 29.5 Å². The van der Waals surface area contributed by atoms with Crippen LogP contribution in [0.2, 0.25) is 0 Å². The van der Waals surface area contributed by atoms with Crippen molar-refractivity contribution in [3.05, 3.63) is 23.9 Å². The Morgan fingerprint density at radius 3 is 2.81 bits per heavy atom. The maximum atomic E-state index is 11.7. The minimum atomic E-state index is -0.113. The number of nitrogens with one attached hydrogen (secondary N) is 2. The molecule has 0 radical (unpaired) electrons. The first-order valence-corrected chi connectivity index (χ1v) is 5.56. The Morgan fingerprint density at radius 2 is 2.19 bits per heavy atom. The average Bonchev–Trinajstić information content (AvgIpc) is 2.28. The maximum absolute atomic E-state index is 11.7. The van der Waals surface area contributed by atoms with Crippen molar-refractivity contribution in [1.82, 2.24) is 10.3 Å². The van der Waals surface area contributed by atoms with Crippen molar-refractivity contribution in [2.24, 2.45) is 5.92 Å². The molecule has 1 heterocycles. The van der Waals surface area contributed by atoms with Crippen LogP contribution in [0.5, 0.6) is 0 Å². The van der Waals surface area contributed by atoms with Gasteiger partial charge in [-0.2, -0.15) is 0 Å². The van der Waals surface area contributed by atoms with E-state index in [4.69, 9.17) is 0 Å². The van der Waals surface area contributed by atoms with Gasteiger partial charge in [0.05, 0.1) is 0 Å². The van der Waals surface area contributed by atoms with Crippen molar-refractivity contribution in [2.45, 2.75) is 20.3 Å². The van der Waals surface area contributed by atoms with Crippen LogP contribution in [0.15, 0.2) is 18.2 Å². The summed E-state index contributed by atoms with van der Waals surface area (Å²) < 4.78 is 0. The number of hydrogen-bond donors (Lipinski definition) is 2. The zero-order valence-corrected chi connectivity index (χ0v) is 10.1. The van der Waals surface area contributed by atoms with Gasteiger partial charge in [0.15, 0.2) is 0 Å². The predicted octanol–water partition coefficient (Wildman–Crippen LogP) is 1.90. The molecule has 1 aromatic rings. The van der Waals surface area contributed by atoms with Crippen LogP contribution in [0, 0.1) is 5.92 Å². The predicted molar refractivity (Wildman–Crippen MR) is 65.6 cm³/mol. The first-order valence-electron chi connectivity index (χ1n) is 5.56. The quantitative estimate of drug-likeness (QED) is 0.798. The molecule has 0 unspecified atom stereocenters. The van der Waals surface area contributed by atoms with Gasteiger partial charge in [0.2, 0.25) is 0 Å². The second-order valence-corrected chi connectivity index (χ2v) is 4.10. The van der Waals surface area contributed by atoms with Gasteiger partial charge in [-0.1, -0.05) is 19.9 Å². The SMILES string of the molecule is CNc1cccc(C(=O)NCCC(C)C)n1. The molecule has 0 aliphatic rings. The molecule has 0 aliphatic carbocycles. The highest BCUT2D eigenvalue weighted by Gasteiger charge is 2.06. The van der Waals surface area contributed by atoms with Gasteiger partial charge in [-0.25, -0.2) is 4.98 Å². The number of carbonyl (C=O) groups is 1. The van der Waals surface area contributed by atoms with Crippen LogP contribution >= 0.6 is 0 Å². The third-order valence-corrected chi connectivity index (χ3v) is 2.25. The Labute approximate surface area is 96.5 Å². The third kappa shape index (κ3) is 3.88.